The van der Waals surface area contributed by atoms with Gasteiger partial charge in [-0.05, 0) is 29.3 Å². The van der Waals surface area contributed by atoms with Crippen LogP contribution in [0.3, 0.4) is 0 Å². The van der Waals surface area contributed by atoms with Gasteiger partial charge in [-0.2, -0.15) is 0 Å². The fraction of sp³-hybridized carbons (Fsp3) is 0.263. The highest BCUT2D eigenvalue weighted by Crippen LogP contribution is 2.50. The first kappa shape index (κ1) is 15.0. The van der Waals surface area contributed by atoms with Crippen LogP contribution in [0.5, 0.6) is 5.75 Å². The summed E-state index contributed by atoms with van der Waals surface area (Å²) in [5.74, 6) is 0.890. The molecule has 0 aliphatic carbocycles. The van der Waals surface area contributed by atoms with Crippen LogP contribution in [0.4, 0.5) is 5.69 Å². The van der Waals surface area contributed by atoms with Crippen LogP contribution in [0.25, 0.3) is 0 Å². The lowest BCUT2D eigenvalue weighted by atomic mass is 9.84. The molecule has 114 valence electrons. The summed E-state index contributed by atoms with van der Waals surface area (Å²) in [6.45, 7) is 9.14. The molecule has 0 spiro atoms. The summed E-state index contributed by atoms with van der Waals surface area (Å²) in [5, 5.41) is 0.738. The monoisotopic (exact) mass is 313 g/mol. The van der Waals surface area contributed by atoms with E-state index in [2.05, 4.69) is 31.4 Å². The third-order valence-electron chi connectivity index (χ3n) is 4.44. The number of fused-ring (bicyclic) bond motifs is 1. The highest BCUT2D eigenvalue weighted by Gasteiger charge is 2.38. The molecule has 1 heterocycles. The molecule has 2 aromatic rings. The van der Waals surface area contributed by atoms with Crippen LogP contribution in [0.15, 0.2) is 54.7 Å². The van der Waals surface area contributed by atoms with Gasteiger partial charge in [0.1, 0.15) is 12.4 Å². The van der Waals surface area contributed by atoms with Gasteiger partial charge in [0.15, 0.2) is 0 Å². The zero-order chi connectivity index (χ0) is 15.9. The number of hydrogen-bond acceptors (Lipinski definition) is 2. The topological polar surface area (TPSA) is 12.5 Å². The van der Waals surface area contributed by atoms with Crippen LogP contribution < -0.4 is 9.64 Å². The number of ether oxygens (including phenoxy) is 1. The van der Waals surface area contributed by atoms with Crippen LogP contribution in [0, 0.1) is 0 Å². The molecule has 0 unspecified atom stereocenters. The first-order valence-electron chi connectivity index (χ1n) is 7.35. The van der Waals surface area contributed by atoms with Gasteiger partial charge in [-0.3, -0.25) is 0 Å². The van der Waals surface area contributed by atoms with Crippen LogP contribution in [0.2, 0.25) is 5.02 Å². The number of halogens is 1. The van der Waals surface area contributed by atoms with Crippen molar-refractivity contribution in [3.05, 3.63) is 70.9 Å². The molecule has 0 atom stereocenters. The van der Waals surface area contributed by atoms with Gasteiger partial charge in [-0.25, -0.2) is 0 Å². The molecule has 0 radical (unpaired) electrons. The summed E-state index contributed by atoms with van der Waals surface area (Å²) in [6, 6.07) is 13.9. The molecule has 0 amide bonds. The summed E-state index contributed by atoms with van der Waals surface area (Å²) in [5.41, 5.74) is 4.50. The molecule has 0 fully saturated rings. The highest BCUT2D eigenvalue weighted by molar-refractivity contribution is 6.30. The maximum atomic E-state index is 6.06. The molecule has 3 rings (SSSR count). The SMILES string of the molecule is C=C1N(C)c2c(OCc3ccc(Cl)cc3)cccc2C1(C)C. The molecule has 0 N–H and O–H groups in total. The molecular weight excluding hydrogens is 294 g/mol. The van der Waals surface area contributed by atoms with Crippen molar-refractivity contribution in [2.24, 2.45) is 0 Å². The Labute approximate surface area is 137 Å². The fourth-order valence-electron chi connectivity index (χ4n) is 2.94. The molecule has 1 aliphatic heterocycles. The number of likely N-dealkylation sites (N-methyl/N-ethyl adjacent to an activating group) is 1. The fourth-order valence-corrected chi connectivity index (χ4v) is 3.07. The number of rotatable bonds is 3. The van der Waals surface area contributed by atoms with Crippen molar-refractivity contribution in [3.8, 4) is 5.75 Å². The summed E-state index contributed by atoms with van der Waals surface area (Å²) in [4.78, 5) is 2.13. The maximum absolute atomic E-state index is 6.06. The Morgan fingerprint density at radius 1 is 1.14 bits per heavy atom. The summed E-state index contributed by atoms with van der Waals surface area (Å²) in [7, 11) is 2.05. The molecule has 2 aromatic carbocycles. The quantitative estimate of drug-likeness (QED) is 0.776. The standard InChI is InChI=1S/C19H20ClNO/c1-13-19(2,3)16-6-5-7-17(18(16)21(13)4)22-12-14-8-10-15(20)11-9-14/h5-11H,1,12H2,2-4H3. The predicted molar refractivity (Wildman–Crippen MR) is 92.8 cm³/mol. The number of nitrogens with zero attached hydrogens (tertiary/aromatic N) is 1. The number of allylic oxidation sites excluding steroid dienone is 1. The minimum absolute atomic E-state index is 0.0657. The van der Waals surface area contributed by atoms with Crippen molar-refractivity contribution in [1.29, 1.82) is 0 Å². The first-order valence-corrected chi connectivity index (χ1v) is 7.73. The van der Waals surface area contributed by atoms with E-state index in [1.165, 1.54) is 5.56 Å². The highest BCUT2D eigenvalue weighted by atomic mass is 35.5. The molecule has 3 heteroatoms. The molecule has 2 nitrogen and oxygen atoms in total. The normalized spacial score (nSPS) is 15.8. The van der Waals surface area contributed by atoms with Crippen LogP contribution in [-0.2, 0) is 12.0 Å². The second-order valence-electron chi connectivity index (χ2n) is 6.20. The van der Waals surface area contributed by atoms with Crippen molar-refractivity contribution in [2.75, 3.05) is 11.9 Å². The van der Waals surface area contributed by atoms with E-state index in [0.29, 0.717) is 6.61 Å². The Hall–Kier alpha value is -1.93. The average molecular weight is 314 g/mol. The minimum Gasteiger partial charge on any atom is -0.487 e. The lowest BCUT2D eigenvalue weighted by Gasteiger charge is -2.22. The molecule has 0 saturated carbocycles. The van der Waals surface area contributed by atoms with E-state index in [1.54, 1.807) is 0 Å². The van der Waals surface area contributed by atoms with E-state index < -0.39 is 0 Å². The van der Waals surface area contributed by atoms with Crippen LogP contribution in [0.1, 0.15) is 25.0 Å². The third kappa shape index (κ3) is 2.38. The van der Waals surface area contributed by atoms with Gasteiger partial charge >= 0.3 is 0 Å². The molecular formula is C19H20ClNO. The van der Waals surface area contributed by atoms with Gasteiger partial charge in [0.05, 0.1) is 5.69 Å². The number of para-hydroxylation sites is 1. The van der Waals surface area contributed by atoms with Gasteiger partial charge in [-0.1, -0.05) is 56.3 Å². The van der Waals surface area contributed by atoms with Crippen molar-refractivity contribution in [3.63, 3.8) is 0 Å². The summed E-state index contributed by atoms with van der Waals surface area (Å²) < 4.78 is 6.06. The Morgan fingerprint density at radius 3 is 2.50 bits per heavy atom. The van der Waals surface area contributed by atoms with Gasteiger partial charge in [0, 0.05) is 23.2 Å². The van der Waals surface area contributed by atoms with Gasteiger partial charge in [0.2, 0.25) is 0 Å². The molecule has 0 aromatic heterocycles. The van der Waals surface area contributed by atoms with Crippen molar-refractivity contribution in [1.82, 2.24) is 0 Å². The van der Waals surface area contributed by atoms with E-state index in [9.17, 15) is 0 Å². The van der Waals surface area contributed by atoms with Crippen LogP contribution in [-0.4, -0.2) is 7.05 Å². The van der Waals surface area contributed by atoms with Crippen molar-refractivity contribution < 1.29 is 4.74 Å². The second-order valence-corrected chi connectivity index (χ2v) is 6.63. The van der Waals surface area contributed by atoms with Gasteiger partial charge in [-0.15, -0.1) is 0 Å². The second kappa shape index (κ2) is 5.36. The molecule has 1 aliphatic rings. The minimum atomic E-state index is -0.0657. The first-order chi connectivity index (χ1) is 10.4. The Bertz CT molecular complexity index is 719. The maximum Gasteiger partial charge on any atom is 0.143 e. The average Bonchev–Trinajstić information content (AvgIpc) is 2.68. The van der Waals surface area contributed by atoms with Crippen LogP contribution >= 0.6 is 11.6 Å². The van der Waals surface area contributed by atoms with Gasteiger partial charge in [0.25, 0.3) is 0 Å². The van der Waals surface area contributed by atoms with E-state index in [0.717, 1.165) is 27.7 Å². The van der Waals surface area contributed by atoms with Crippen molar-refractivity contribution in [2.45, 2.75) is 25.9 Å². The lowest BCUT2D eigenvalue weighted by molar-refractivity contribution is 0.307. The number of anilines is 1. The smallest absolute Gasteiger partial charge is 0.143 e. The lowest BCUT2D eigenvalue weighted by Crippen LogP contribution is -2.21. The predicted octanol–water partition coefficient (Wildman–Crippen LogP) is 5.16. The Kier molecular flexibility index (Phi) is 3.65. The Morgan fingerprint density at radius 2 is 1.82 bits per heavy atom. The zero-order valence-electron chi connectivity index (χ0n) is 13.2. The van der Waals surface area contributed by atoms with E-state index in [1.807, 2.05) is 43.4 Å². The number of benzene rings is 2. The van der Waals surface area contributed by atoms with Crippen molar-refractivity contribution >= 4 is 17.3 Å². The van der Waals surface area contributed by atoms with E-state index >= 15 is 0 Å². The van der Waals surface area contributed by atoms with Gasteiger partial charge < -0.3 is 9.64 Å². The molecule has 0 bridgehead atoms. The summed E-state index contributed by atoms with van der Waals surface area (Å²) >= 11 is 5.91. The van der Waals surface area contributed by atoms with E-state index in [-0.39, 0.29) is 5.41 Å². The molecule has 0 saturated heterocycles. The third-order valence-corrected chi connectivity index (χ3v) is 4.69. The van der Waals surface area contributed by atoms with E-state index in [4.69, 9.17) is 16.3 Å². The zero-order valence-corrected chi connectivity index (χ0v) is 13.9. The number of hydrogen-bond donors (Lipinski definition) is 0. The Balaban J connectivity index is 1.89. The largest absolute Gasteiger partial charge is 0.487 e. The molecule has 22 heavy (non-hydrogen) atoms. The summed E-state index contributed by atoms with van der Waals surface area (Å²) in [6.07, 6.45) is 0.